The standard InChI is InChI=1S/C7H7N2O2/c8-7(10)5-6-1-3-9(11)4-2-6/h1-5H,(H2,8,10). The summed E-state index contributed by atoms with van der Waals surface area (Å²) in [5, 5.41) is 10.5. The largest absolute Gasteiger partial charge is 0.619 e. The van der Waals surface area contributed by atoms with Crippen LogP contribution in [-0.4, -0.2) is 5.91 Å². The predicted molar refractivity (Wildman–Crippen MR) is 38.0 cm³/mol. The maximum atomic E-state index is 10.5. The maximum absolute atomic E-state index is 10.5. The van der Waals surface area contributed by atoms with Crippen molar-refractivity contribution in [3.63, 3.8) is 0 Å². The zero-order valence-corrected chi connectivity index (χ0v) is 5.73. The number of nitrogens with zero attached hydrogens (tertiary/aromatic N) is 1. The summed E-state index contributed by atoms with van der Waals surface area (Å²) in [6.45, 7) is 0. The number of primary amides is 1. The van der Waals surface area contributed by atoms with Crippen molar-refractivity contribution < 1.29 is 9.52 Å². The number of nitrogens with two attached hydrogens (primary N) is 1. The molecule has 0 saturated heterocycles. The lowest BCUT2D eigenvalue weighted by atomic mass is 10.2. The molecule has 2 N–H and O–H groups in total. The number of aromatic nitrogens is 1. The van der Waals surface area contributed by atoms with E-state index in [-0.39, 0.29) is 0 Å². The lowest BCUT2D eigenvalue weighted by Crippen LogP contribution is -2.24. The van der Waals surface area contributed by atoms with Gasteiger partial charge >= 0.3 is 0 Å². The third-order valence-corrected chi connectivity index (χ3v) is 1.14. The second-order valence-electron chi connectivity index (χ2n) is 2.04. The Morgan fingerprint density at radius 3 is 2.55 bits per heavy atom. The molecule has 0 bridgehead atoms. The van der Waals surface area contributed by atoms with Crippen LogP contribution in [0.25, 0.3) is 0 Å². The van der Waals surface area contributed by atoms with Gasteiger partial charge in [-0.3, -0.25) is 4.79 Å². The second kappa shape index (κ2) is 3.01. The lowest BCUT2D eigenvalue weighted by Gasteiger charge is -1.96. The smallest absolute Gasteiger partial charge is 0.226 e. The second-order valence-corrected chi connectivity index (χ2v) is 2.04. The number of hydrogen-bond acceptors (Lipinski definition) is 2. The SMILES string of the molecule is NC(=O)[CH]c1cc[n+]([O-])cc1. The van der Waals surface area contributed by atoms with Crippen molar-refractivity contribution in [1.82, 2.24) is 0 Å². The monoisotopic (exact) mass is 151 g/mol. The van der Waals surface area contributed by atoms with Gasteiger partial charge in [0.15, 0.2) is 12.4 Å². The fourth-order valence-electron chi connectivity index (χ4n) is 0.685. The van der Waals surface area contributed by atoms with Gasteiger partial charge in [0.2, 0.25) is 5.91 Å². The van der Waals surface area contributed by atoms with E-state index in [2.05, 4.69) is 0 Å². The van der Waals surface area contributed by atoms with Gasteiger partial charge in [0.05, 0.1) is 6.42 Å². The Bertz CT molecular complexity index is 256. The van der Waals surface area contributed by atoms with E-state index in [9.17, 15) is 10.0 Å². The van der Waals surface area contributed by atoms with Crippen molar-refractivity contribution in [3.05, 3.63) is 41.7 Å². The molecular formula is C7H7N2O2. The third kappa shape index (κ3) is 2.25. The van der Waals surface area contributed by atoms with Crippen LogP contribution in [-0.2, 0) is 4.79 Å². The van der Waals surface area contributed by atoms with E-state index < -0.39 is 5.91 Å². The molecule has 4 nitrogen and oxygen atoms in total. The summed E-state index contributed by atoms with van der Waals surface area (Å²) in [4.78, 5) is 10.3. The molecule has 1 aromatic heterocycles. The molecule has 0 unspecified atom stereocenters. The lowest BCUT2D eigenvalue weighted by molar-refractivity contribution is -0.605. The minimum absolute atomic E-state index is 0.520. The van der Waals surface area contributed by atoms with Gasteiger partial charge in [-0.25, -0.2) is 0 Å². The Labute approximate surface area is 63.8 Å². The molecule has 4 heteroatoms. The van der Waals surface area contributed by atoms with Crippen LogP contribution in [0.3, 0.4) is 0 Å². The third-order valence-electron chi connectivity index (χ3n) is 1.14. The van der Waals surface area contributed by atoms with E-state index in [4.69, 9.17) is 5.73 Å². The van der Waals surface area contributed by atoms with Crippen molar-refractivity contribution in [2.75, 3.05) is 0 Å². The van der Waals surface area contributed by atoms with Crippen LogP contribution in [0.2, 0.25) is 0 Å². The Morgan fingerprint density at radius 2 is 2.09 bits per heavy atom. The van der Waals surface area contributed by atoms with E-state index >= 15 is 0 Å². The first-order chi connectivity index (χ1) is 5.18. The molecule has 1 amide bonds. The highest BCUT2D eigenvalue weighted by molar-refractivity contribution is 5.86. The van der Waals surface area contributed by atoms with E-state index in [0.29, 0.717) is 10.3 Å². The highest BCUT2D eigenvalue weighted by atomic mass is 16.5. The molecule has 11 heavy (non-hydrogen) atoms. The summed E-state index contributed by atoms with van der Waals surface area (Å²) < 4.78 is 0.637. The van der Waals surface area contributed by atoms with Crippen molar-refractivity contribution in [2.45, 2.75) is 0 Å². The number of amides is 1. The molecule has 0 spiro atoms. The van der Waals surface area contributed by atoms with Crippen molar-refractivity contribution in [3.8, 4) is 0 Å². The molecule has 0 aromatic carbocycles. The summed E-state index contributed by atoms with van der Waals surface area (Å²) in [5.74, 6) is -0.520. The van der Waals surface area contributed by atoms with Crippen molar-refractivity contribution in [2.24, 2.45) is 5.73 Å². The Kier molecular flexibility index (Phi) is 2.06. The Morgan fingerprint density at radius 1 is 1.55 bits per heavy atom. The molecule has 1 heterocycles. The van der Waals surface area contributed by atoms with Crippen LogP contribution in [0.5, 0.6) is 0 Å². The highest BCUT2D eigenvalue weighted by Crippen LogP contribution is 1.96. The zero-order valence-electron chi connectivity index (χ0n) is 5.73. The first-order valence-electron chi connectivity index (χ1n) is 3.01. The average molecular weight is 151 g/mol. The topological polar surface area (TPSA) is 70.0 Å². The van der Waals surface area contributed by atoms with Crippen LogP contribution >= 0.6 is 0 Å². The van der Waals surface area contributed by atoms with Gasteiger partial charge in [0.25, 0.3) is 0 Å². The van der Waals surface area contributed by atoms with Gasteiger partial charge in [-0.15, -0.1) is 0 Å². The average Bonchev–Trinajstić information content (AvgIpc) is 1.93. The maximum Gasteiger partial charge on any atom is 0.226 e. The first kappa shape index (κ1) is 7.53. The molecule has 0 aliphatic rings. The number of pyridine rings is 1. The quantitative estimate of drug-likeness (QED) is 0.451. The summed E-state index contributed by atoms with van der Waals surface area (Å²) in [7, 11) is 0. The van der Waals surface area contributed by atoms with Gasteiger partial charge in [-0.1, -0.05) is 0 Å². The number of carbonyl (C=O) groups is 1. The van der Waals surface area contributed by atoms with Crippen molar-refractivity contribution >= 4 is 5.91 Å². The van der Waals surface area contributed by atoms with Gasteiger partial charge in [-0.2, -0.15) is 4.73 Å². The van der Waals surface area contributed by atoms with Crippen LogP contribution in [0, 0.1) is 11.6 Å². The Balaban J connectivity index is 2.74. The van der Waals surface area contributed by atoms with Gasteiger partial charge in [0.1, 0.15) is 0 Å². The highest BCUT2D eigenvalue weighted by Gasteiger charge is 1.99. The van der Waals surface area contributed by atoms with Crippen LogP contribution in [0.1, 0.15) is 5.56 Å². The first-order valence-corrected chi connectivity index (χ1v) is 3.01. The van der Waals surface area contributed by atoms with Crippen LogP contribution in [0.15, 0.2) is 24.5 Å². The van der Waals surface area contributed by atoms with Gasteiger partial charge in [0, 0.05) is 12.1 Å². The molecule has 0 atom stereocenters. The minimum atomic E-state index is -0.520. The molecule has 1 rings (SSSR count). The number of hydrogen-bond donors (Lipinski definition) is 1. The molecule has 57 valence electrons. The van der Waals surface area contributed by atoms with E-state index in [1.165, 1.54) is 30.9 Å². The van der Waals surface area contributed by atoms with Gasteiger partial charge in [-0.05, 0) is 5.56 Å². The fraction of sp³-hybridized carbons (Fsp3) is 0. The predicted octanol–water partition coefficient (Wildman–Crippen LogP) is -0.642. The molecule has 1 aromatic rings. The molecule has 0 aliphatic carbocycles. The molecule has 0 saturated carbocycles. The normalized spacial score (nSPS) is 9.45. The van der Waals surface area contributed by atoms with Crippen LogP contribution < -0.4 is 10.5 Å². The number of rotatable bonds is 2. The summed E-state index contributed by atoms with van der Waals surface area (Å²) in [5.41, 5.74) is 5.51. The molecule has 0 aliphatic heterocycles. The van der Waals surface area contributed by atoms with Gasteiger partial charge < -0.3 is 10.9 Å². The molecule has 1 radical (unpaired) electrons. The van der Waals surface area contributed by atoms with E-state index in [0.717, 1.165) is 0 Å². The Hall–Kier alpha value is -1.58. The van der Waals surface area contributed by atoms with Crippen LogP contribution in [0.4, 0.5) is 0 Å². The van der Waals surface area contributed by atoms with Crippen molar-refractivity contribution in [1.29, 1.82) is 0 Å². The zero-order chi connectivity index (χ0) is 8.27. The molecular weight excluding hydrogens is 144 g/mol. The summed E-state index contributed by atoms with van der Waals surface area (Å²) in [6.07, 6.45) is 3.85. The van der Waals surface area contributed by atoms with E-state index in [1.54, 1.807) is 0 Å². The number of carbonyl (C=O) groups excluding carboxylic acids is 1. The fourth-order valence-corrected chi connectivity index (χ4v) is 0.685. The van der Waals surface area contributed by atoms with E-state index in [1.807, 2.05) is 0 Å². The summed E-state index contributed by atoms with van der Waals surface area (Å²) >= 11 is 0. The molecule has 0 fully saturated rings. The minimum Gasteiger partial charge on any atom is -0.619 e. The summed E-state index contributed by atoms with van der Waals surface area (Å²) in [6, 6.07) is 3.02.